The van der Waals surface area contributed by atoms with Crippen LogP contribution in [0.4, 0.5) is 8.78 Å². The number of halogens is 2. The molecule has 2 unspecified atom stereocenters. The molecular formula is C13H16F2O3. The Bertz CT molecular complexity index is 432. The van der Waals surface area contributed by atoms with E-state index >= 15 is 0 Å². The van der Waals surface area contributed by atoms with Gasteiger partial charge in [0, 0.05) is 5.56 Å². The van der Waals surface area contributed by atoms with Crippen molar-refractivity contribution in [2.24, 2.45) is 11.8 Å². The summed E-state index contributed by atoms with van der Waals surface area (Å²) in [5, 5.41) is 10.0. The first-order chi connectivity index (χ1) is 8.40. The van der Waals surface area contributed by atoms with Gasteiger partial charge < -0.3 is 9.84 Å². The summed E-state index contributed by atoms with van der Waals surface area (Å²) >= 11 is 0. The molecule has 0 saturated heterocycles. The van der Waals surface area contributed by atoms with Crippen molar-refractivity contribution in [1.29, 1.82) is 0 Å². The Morgan fingerprint density at radius 3 is 2.44 bits per heavy atom. The highest BCUT2D eigenvalue weighted by Crippen LogP contribution is 2.31. The van der Waals surface area contributed by atoms with Crippen molar-refractivity contribution >= 4 is 5.97 Å². The highest BCUT2D eigenvalue weighted by molar-refractivity contribution is 5.73. The molecule has 3 nitrogen and oxygen atoms in total. The third kappa shape index (κ3) is 2.85. The van der Waals surface area contributed by atoms with Gasteiger partial charge in [0.05, 0.1) is 19.1 Å². The Labute approximate surface area is 104 Å². The molecule has 2 atom stereocenters. The van der Waals surface area contributed by atoms with Gasteiger partial charge in [0.15, 0.2) is 11.6 Å². The second-order valence-corrected chi connectivity index (χ2v) is 4.38. The first kappa shape index (κ1) is 14.6. The first-order valence-corrected chi connectivity index (χ1v) is 5.60. The second kappa shape index (κ2) is 5.91. The third-order valence-electron chi connectivity index (χ3n) is 2.83. The van der Waals surface area contributed by atoms with Gasteiger partial charge in [-0.25, -0.2) is 8.78 Å². The molecule has 0 aliphatic carbocycles. The smallest absolute Gasteiger partial charge is 0.311 e. The third-order valence-corrected chi connectivity index (χ3v) is 2.83. The highest BCUT2D eigenvalue weighted by Gasteiger charge is 2.33. The second-order valence-electron chi connectivity index (χ2n) is 4.38. The van der Waals surface area contributed by atoms with E-state index in [1.165, 1.54) is 19.2 Å². The summed E-state index contributed by atoms with van der Waals surface area (Å²) in [5.41, 5.74) is -0.237. The van der Waals surface area contributed by atoms with Crippen LogP contribution in [0.25, 0.3) is 0 Å². The van der Waals surface area contributed by atoms with E-state index in [-0.39, 0.29) is 11.5 Å². The van der Waals surface area contributed by atoms with Crippen molar-refractivity contribution < 1.29 is 23.4 Å². The van der Waals surface area contributed by atoms with Gasteiger partial charge in [-0.2, -0.15) is 0 Å². The quantitative estimate of drug-likeness (QED) is 0.844. The van der Waals surface area contributed by atoms with Crippen molar-refractivity contribution in [2.45, 2.75) is 20.0 Å². The molecule has 100 valence electrons. The van der Waals surface area contributed by atoms with E-state index in [2.05, 4.69) is 4.74 Å². The molecular weight excluding hydrogens is 242 g/mol. The summed E-state index contributed by atoms with van der Waals surface area (Å²) in [4.78, 5) is 11.6. The topological polar surface area (TPSA) is 46.5 Å². The van der Waals surface area contributed by atoms with Crippen LogP contribution in [0.5, 0.6) is 0 Å². The van der Waals surface area contributed by atoms with Gasteiger partial charge >= 0.3 is 5.97 Å². The van der Waals surface area contributed by atoms with Crippen molar-refractivity contribution in [3.05, 3.63) is 35.4 Å². The van der Waals surface area contributed by atoms with Crippen LogP contribution in [0.15, 0.2) is 18.2 Å². The van der Waals surface area contributed by atoms with Gasteiger partial charge in [-0.1, -0.05) is 26.0 Å². The van der Waals surface area contributed by atoms with Gasteiger partial charge in [0.1, 0.15) is 0 Å². The monoisotopic (exact) mass is 258 g/mol. The van der Waals surface area contributed by atoms with E-state index in [1.807, 2.05) is 0 Å². The fourth-order valence-corrected chi connectivity index (χ4v) is 1.84. The minimum absolute atomic E-state index is 0.237. The number of rotatable bonds is 4. The minimum Gasteiger partial charge on any atom is -0.469 e. The van der Waals surface area contributed by atoms with Gasteiger partial charge in [-0.05, 0) is 12.0 Å². The molecule has 1 aromatic rings. The summed E-state index contributed by atoms with van der Waals surface area (Å²) in [6.07, 6.45) is -1.44. The number of carbonyl (C=O) groups excluding carboxylic acids is 1. The number of ether oxygens (including phenoxy) is 1. The van der Waals surface area contributed by atoms with Crippen LogP contribution in [-0.4, -0.2) is 18.2 Å². The number of hydrogen-bond donors (Lipinski definition) is 1. The van der Waals surface area contributed by atoms with Crippen LogP contribution < -0.4 is 0 Å². The summed E-state index contributed by atoms with van der Waals surface area (Å²) in [7, 11) is 1.19. The zero-order valence-electron chi connectivity index (χ0n) is 10.5. The summed E-state index contributed by atoms with van der Waals surface area (Å²) in [6, 6.07) is 3.49. The number of aliphatic hydroxyl groups is 1. The molecule has 1 N–H and O–H groups in total. The molecule has 0 spiro atoms. The molecule has 0 fully saturated rings. The van der Waals surface area contributed by atoms with Crippen LogP contribution in [0.1, 0.15) is 25.5 Å². The minimum atomic E-state index is -1.44. The zero-order chi connectivity index (χ0) is 13.9. The molecule has 18 heavy (non-hydrogen) atoms. The van der Waals surface area contributed by atoms with E-state index < -0.39 is 29.6 Å². The molecule has 1 aromatic carbocycles. The summed E-state index contributed by atoms with van der Waals surface area (Å²) < 4.78 is 31.2. The number of benzene rings is 1. The summed E-state index contributed by atoms with van der Waals surface area (Å²) in [5.74, 6) is -4.05. The molecule has 0 saturated carbocycles. The number of esters is 1. The van der Waals surface area contributed by atoms with Crippen LogP contribution in [0.2, 0.25) is 0 Å². The van der Waals surface area contributed by atoms with Crippen molar-refractivity contribution in [3.8, 4) is 0 Å². The van der Waals surface area contributed by atoms with E-state index in [1.54, 1.807) is 13.8 Å². The van der Waals surface area contributed by atoms with E-state index in [4.69, 9.17) is 0 Å². The standard InChI is InChI=1S/C13H16F2O3/c1-7(2)10(13(17)18-3)12(16)8-5-4-6-9(14)11(8)15/h4-7,10,12,16H,1-3H3. The van der Waals surface area contributed by atoms with Crippen molar-refractivity contribution in [1.82, 2.24) is 0 Å². The summed E-state index contributed by atoms with van der Waals surface area (Å²) in [6.45, 7) is 3.39. The lowest BCUT2D eigenvalue weighted by molar-refractivity contribution is -0.152. The predicted octanol–water partition coefficient (Wildman–Crippen LogP) is 2.44. The lowest BCUT2D eigenvalue weighted by Crippen LogP contribution is -2.29. The number of aliphatic hydroxyl groups excluding tert-OH is 1. The van der Waals surface area contributed by atoms with E-state index in [9.17, 15) is 18.7 Å². The van der Waals surface area contributed by atoms with Gasteiger partial charge in [0.25, 0.3) is 0 Å². The zero-order valence-corrected chi connectivity index (χ0v) is 10.5. The maximum Gasteiger partial charge on any atom is 0.311 e. The van der Waals surface area contributed by atoms with Crippen LogP contribution in [0.3, 0.4) is 0 Å². The number of carbonyl (C=O) groups is 1. The molecule has 0 aliphatic heterocycles. The Balaban J connectivity index is 3.14. The number of methoxy groups -OCH3 is 1. The Hall–Kier alpha value is -1.49. The highest BCUT2D eigenvalue weighted by atomic mass is 19.2. The fourth-order valence-electron chi connectivity index (χ4n) is 1.84. The van der Waals surface area contributed by atoms with Gasteiger partial charge in [-0.15, -0.1) is 0 Å². The first-order valence-electron chi connectivity index (χ1n) is 5.60. The predicted molar refractivity (Wildman–Crippen MR) is 61.7 cm³/mol. The Morgan fingerprint density at radius 2 is 1.94 bits per heavy atom. The largest absolute Gasteiger partial charge is 0.469 e. The van der Waals surface area contributed by atoms with Gasteiger partial charge in [0.2, 0.25) is 0 Å². The molecule has 1 rings (SSSR count). The average molecular weight is 258 g/mol. The molecule has 0 heterocycles. The van der Waals surface area contributed by atoms with E-state index in [0.717, 1.165) is 6.07 Å². The maximum atomic E-state index is 13.6. The number of hydrogen-bond acceptors (Lipinski definition) is 3. The normalized spacial score (nSPS) is 14.4. The molecule has 0 radical (unpaired) electrons. The molecule has 0 bridgehead atoms. The van der Waals surface area contributed by atoms with Crippen LogP contribution in [0, 0.1) is 23.5 Å². The Morgan fingerprint density at radius 1 is 1.33 bits per heavy atom. The van der Waals surface area contributed by atoms with Crippen molar-refractivity contribution in [3.63, 3.8) is 0 Å². The fraction of sp³-hybridized carbons (Fsp3) is 0.462. The van der Waals surface area contributed by atoms with Crippen LogP contribution >= 0.6 is 0 Å². The lowest BCUT2D eigenvalue weighted by Gasteiger charge is -2.24. The average Bonchev–Trinajstić information content (AvgIpc) is 2.31. The lowest BCUT2D eigenvalue weighted by atomic mass is 9.86. The van der Waals surface area contributed by atoms with Crippen molar-refractivity contribution in [2.75, 3.05) is 7.11 Å². The molecule has 0 aliphatic rings. The molecule has 0 amide bonds. The Kier molecular flexibility index (Phi) is 4.78. The SMILES string of the molecule is COC(=O)C(C(C)C)C(O)c1cccc(F)c1F. The molecule has 5 heteroatoms. The maximum absolute atomic E-state index is 13.6. The molecule has 0 aromatic heterocycles. The van der Waals surface area contributed by atoms with Gasteiger partial charge in [-0.3, -0.25) is 4.79 Å². The van der Waals surface area contributed by atoms with Crippen LogP contribution in [-0.2, 0) is 9.53 Å². The van der Waals surface area contributed by atoms with E-state index in [0.29, 0.717) is 0 Å².